The molecular weight excluding hydrogens is 246 g/mol. The number of rotatable bonds is 5. The zero-order valence-corrected chi connectivity index (χ0v) is 10.8. The van der Waals surface area contributed by atoms with Crippen molar-refractivity contribution in [2.24, 2.45) is 5.92 Å². The number of nitrogens with zero attached hydrogens (tertiary/aromatic N) is 2. The summed E-state index contributed by atoms with van der Waals surface area (Å²) >= 11 is 0. The first-order valence-electron chi connectivity index (χ1n) is 5.76. The fraction of sp³-hybridized carbons (Fsp3) is 0.385. The second kappa shape index (κ2) is 7.11. The highest BCUT2D eigenvalue weighted by Crippen LogP contribution is 2.07. The number of nitriles is 1. The van der Waals surface area contributed by atoms with Crippen molar-refractivity contribution in [1.29, 1.82) is 5.26 Å². The zero-order chi connectivity index (χ0) is 14.3. The number of ether oxygens (including phenoxy) is 1. The van der Waals surface area contributed by atoms with Crippen LogP contribution in [0.25, 0.3) is 0 Å². The molecule has 100 valence electrons. The van der Waals surface area contributed by atoms with Gasteiger partial charge in [-0.1, -0.05) is 0 Å². The van der Waals surface area contributed by atoms with Crippen LogP contribution in [0, 0.1) is 17.2 Å². The van der Waals surface area contributed by atoms with Gasteiger partial charge in [-0.25, -0.2) is 4.79 Å². The van der Waals surface area contributed by atoms with E-state index in [1.165, 1.54) is 13.3 Å². The highest BCUT2D eigenvalue weighted by atomic mass is 16.5. The number of hydrogen-bond acceptors (Lipinski definition) is 5. The Morgan fingerprint density at radius 2 is 2.32 bits per heavy atom. The molecule has 0 aliphatic heterocycles. The largest absolute Gasteiger partial charge is 0.467 e. The van der Waals surface area contributed by atoms with Gasteiger partial charge in [-0.15, -0.1) is 0 Å². The topological polar surface area (TPSA) is 92.1 Å². The third-order valence-corrected chi connectivity index (χ3v) is 2.52. The summed E-state index contributed by atoms with van der Waals surface area (Å²) in [6.07, 6.45) is 3.15. The number of esters is 1. The lowest BCUT2D eigenvalue weighted by Gasteiger charge is -2.17. The quantitative estimate of drug-likeness (QED) is 0.795. The first kappa shape index (κ1) is 14.6. The average molecular weight is 261 g/mol. The Bertz CT molecular complexity index is 482. The van der Waals surface area contributed by atoms with Crippen LogP contribution in [0.15, 0.2) is 24.5 Å². The molecule has 0 unspecified atom stereocenters. The van der Waals surface area contributed by atoms with Crippen molar-refractivity contribution in [2.45, 2.75) is 19.4 Å². The fourth-order valence-electron chi connectivity index (χ4n) is 1.50. The lowest BCUT2D eigenvalue weighted by molar-refractivity contribution is -0.143. The molecule has 19 heavy (non-hydrogen) atoms. The highest BCUT2D eigenvalue weighted by molar-refractivity contribution is 5.96. The van der Waals surface area contributed by atoms with Crippen molar-refractivity contribution in [3.05, 3.63) is 30.1 Å². The molecular formula is C13H15N3O3. The van der Waals surface area contributed by atoms with Gasteiger partial charge in [0.15, 0.2) is 0 Å². The maximum absolute atomic E-state index is 11.9. The Hall–Kier alpha value is -2.42. The summed E-state index contributed by atoms with van der Waals surface area (Å²) in [5, 5.41) is 11.3. The molecule has 1 amide bonds. The Balaban J connectivity index is 2.75. The normalized spacial score (nSPS) is 12.9. The maximum Gasteiger partial charge on any atom is 0.328 e. The molecule has 0 aromatic carbocycles. The van der Waals surface area contributed by atoms with Crippen molar-refractivity contribution < 1.29 is 14.3 Å². The summed E-state index contributed by atoms with van der Waals surface area (Å²) in [5.41, 5.74) is 0.348. The number of methoxy groups -OCH3 is 1. The third-order valence-electron chi connectivity index (χ3n) is 2.52. The van der Waals surface area contributed by atoms with Crippen LogP contribution in [-0.4, -0.2) is 30.0 Å². The Morgan fingerprint density at radius 1 is 1.58 bits per heavy atom. The molecule has 0 bridgehead atoms. The number of pyridine rings is 1. The molecule has 0 saturated heterocycles. The van der Waals surface area contributed by atoms with E-state index in [0.717, 1.165) is 0 Å². The zero-order valence-electron chi connectivity index (χ0n) is 10.8. The molecule has 0 spiro atoms. The van der Waals surface area contributed by atoms with Gasteiger partial charge >= 0.3 is 5.97 Å². The van der Waals surface area contributed by atoms with Crippen LogP contribution >= 0.6 is 0 Å². The van der Waals surface area contributed by atoms with Gasteiger partial charge in [0.2, 0.25) is 0 Å². The van der Waals surface area contributed by atoms with E-state index in [2.05, 4.69) is 15.0 Å². The molecule has 0 saturated carbocycles. The first-order valence-corrected chi connectivity index (χ1v) is 5.76. The van der Waals surface area contributed by atoms with Gasteiger partial charge < -0.3 is 10.1 Å². The van der Waals surface area contributed by atoms with E-state index >= 15 is 0 Å². The molecule has 6 nitrogen and oxygen atoms in total. The monoisotopic (exact) mass is 261 g/mol. The summed E-state index contributed by atoms with van der Waals surface area (Å²) in [7, 11) is 1.24. The van der Waals surface area contributed by atoms with Crippen LogP contribution in [0.5, 0.6) is 0 Å². The summed E-state index contributed by atoms with van der Waals surface area (Å²) in [6, 6.07) is 4.39. The summed E-state index contributed by atoms with van der Waals surface area (Å²) in [5.74, 6) is -1.36. The Morgan fingerprint density at radius 3 is 2.84 bits per heavy atom. The average Bonchev–Trinajstić information content (AvgIpc) is 2.46. The molecule has 1 N–H and O–H groups in total. The molecule has 0 aliphatic rings. The van der Waals surface area contributed by atoms with E-state index in [4.69, 9.17) is 5.26 Å². The number of aromatic nitrogens is 1. The summed E-state index contributed by atoms with van der Waals surface area (Å²) in [6.45, 7) is 1.67. The predicted octanol–water partition coefficient (Wildman–Crippen LogP) is 0.903. The van der Waals surface area contributed by atoms with Crippen molar-refractivity contribution in [3.8, 4) is 6.07 Å². The van der Waals surface area contributed by atoms with E-state index in [9.17, 15) is 9.59 Å². The van der Waals surface area contributed by atoms with E-state index in [1.54, 1.807) is 25.3 Å². The minimum Gasteiger partial charge on any atom is -0.467 e. The van der Waals surface area contributed by atoms with Crippen molar-refractivity contribution >= 4 is 11.9 Å². The molecule has 6 heteroatoms. The smallest absolute Gasteiger partial charge is 0.328 e. The van der Waals surface area contributed by atoms with Crippen molar-refractivity contribution in [3.63, 3.8) is 0 Å². The van der Waals surface area contributed by atoms with Crippen LogP contribution in [0.2, 0.25) is 0 Å². The number of carbonyl (C=O) groups is 2. The minimum atomic E-state index is -0.840. The van der Waals surface area contributed by atoms with Crippen molar-refractivity contribution in [1.82, 2.24) is 10.3 Å². The standard InChI is InChI=1S/C13H15N3O3/c1-9(7-14)6-11(13(18)19-2)16-12(17)10-4-3-5-15-8-10/h3-5,8-9,11H,6H2,1-2H3,(H,16,17)/t9-,11-/m0/s1. The second-order valence-corrected chi connectivity index (χ2v) is 4.06. The van der Waals surface area contributed by atoms with E-state index < -0.39 is 17.9 Å². The molecule has 0 radical (unpaired) electrons. The molecule has 1 aromatic rings. The lowest BCUT2D eigenvalue weighted by Crippen LogP contribution is -2.42. The lowest BCUT2D eigenvalue weighted by atomic mass is 10.0. The molecule has 1 aromatic heterocycles. The van der Waals surface area contributed by atoms with Crippen LogP contribution < -0.4 is 5.32 Å². The van der Waals surface area contributed by atoms with Gasteiger partial charge in [0.25, 0.3) is 5.91 Å². The summed E-state index contributed by atoms with van der Waals surface area (Å²) < 4.78 is 4.62. The first-order chi connectivity index (χ1) is 9.08. The fourth-order valence-corrected chi connectivity index (χ4v) is 1.50. The predicted molar refractivity (Wildman–Crippen MR) is 66.9 cm³/mol. The van der Waals surface area contributed by atoms with Gasteiger partial charge in [0.1, 0.15) is 6.04 Å². The van der Waals surface area contributed by atoms with Gasteiger partial charge in [0.05, 0.1) is 18.7 Å². The highest BCUT2D eigenvalue weighted by Gasteiger charge is 2.24. The maximum atomic E-state index is 11.9. The van der Waals surface area contributed by atoms with Gasteiger partial charge in [-0.05, 0) is 25.5 Å². The Kier molecular flexibility index (Phi) is 5.48. The van der Waals surface area contributed by atoms with Crippen LogP contribution in [0.4, 0.5) is 0 Å². The number of amides is 1. The van der Waals surface area contributed by atoms with Gasteiger partial charge in [0, 0.05) is 18.3 Å². The SMILES string of the molecule is COC(=O)[C@H](C[C@H](C)C#N)NC(=O)c1cccnc1. The molecule has 2 atom stereocenters. The third kappa shape index (κ3) is 4.39. The molecule has 0 fully saturated rings. The molecule has 0 aliphatic carbocycles. The van der Waals surface area contributed by atoms with E-state index in [1.807, 2.05) is 6.07 Å². The van der Waals surface area contributed by atoms with Crippen LogP contribution in [0.3, 0.4) is 0 Å². The van der Waals surface area contributed by atoms with E-state index in [-0.39, 0.29) is 12.3 Å². The van der Waals surface area contributed by atoms with E-state index in [0.29, 0.717) is 5.56 Å². The van der Waals surface area contributed by atoms with Crippen LogP contribution in [0.1, 0.15) is 23.7 Å². The Labute approximate surface area is 111 Å². The molecule has 1 rings (SSSR count). The van der Waals surface area contributed by atoms with Crippen LogP contribution in [-0.2, 0) is 9.53 Å². The number of nitrogens with one attached hydrogen (secondary N) is 1. The van der Waals surface area contributed by atoms with Gasteiger partial charge in [-0.2, -0.15) is 5.26 Å². The van der Waals surface area contributed by atoms with Gasteiger partial charge in [-0.3, -0.25) is 9.78 Å². The number of carbonyl (C=O) groups excluding carboxylic acids is 2. The summed E-state index contributed by atoms with van der Waals surface area (Å²) in [4.78, 5) is 27.3. The number of hydrogen-bond donors (Lipinski definition) is 1. The van der Waals surface area contributed by atoms with Crippen molar-refractivity contribution in [2.75, 3.05) is 7.11 Å². The second-order valence-electron chi connectivity index (χ2n) is 4.06. The molecule has 1 heterocycles. The minimum absolute atomic E-state index is 0.204.